The van der Waals surface area contributed by atoms with Crippen molar-refractivity contribution in [3.8, 4) is 17.6 Å². The van der Waals surface area contributed by atoms with Crippen LogP contribution in [0.15, 0.2) is 70.7 Å². The molecule has 0 unspecified atom stereocenters. The first-order valence-corrected chi connectivity index (χ1v) is 11.4. The molecule has 0 aromatic heterocycles. The second-order valence-electron chi connectivity index (χ2n) is 7.09. The predicted octanol–water partition coefficient (Wildman–Crippen LogP) is 6.80. The number of methoxy groups -OCH3 is 1. The van der Waals surface area contributed by atoms with Crippen LogP contribution in [0.25, 0.3) is 6.08 Å². The topological polar surface area (TPSA) is 71.4 Å². The molecule has 0 atom stereocenters. The largest absolute Gasteiger partial charge is 0.493 e. The van der Waals surface area contributed by atoms with Gasteiger partial charge in [-0.05, 0) is 54.0 Å². The van der Waals surface area contributed by atoms with Crippen LogP contribution in [0.5, 0.6) is 11.5 Å². The quantitative estimate of drug-likeness (QED) is 0.259. The Labute approximate surface area is 206 Å². The van der Waals surface area contributed by atoms with Gasteiger partial charge in [-0.25, -0.2) is 0 Å². The molecule has 0 aliphatic carbocycles. The number of carbonyl (C=O) groups is 1. The van der Waals surface area contributed by atoms with Crippen molar-refractivity contribution < 1.29 is 14.3 Å². The zero-order valence-electron chi connectivity index (χ0n) is 18.2. The molecule has 0 heterocycles. The van der Waals surface area contributed by atoms with Gasteiger partial charge in [-0.2, -0.15) is 5.26 Å². The van der Waals surface area contributed by atoms with Gasteiger partial charge < -0.3 is 14.8 Å². The molecule has 3 aromatic carbocycles. The Bertz CT molecular complexity index is 1220. The molecule has 168 valence electrons. The summed E-state index contributed by atoms with van der Waals surface area (Å²) in [6.45, 7) is 2.34. The summed E-state index contributed by atoms with van der Waals surface area (Å²) in [7, 11) is 1.50. The van der Waals surface area contributed by atoms with Crippen LogP contribution >= 0.6 is 27.5 Å². The molecule has 0 aliphatic heterocycles. The highest BCUT2D eigenvalue weighted by Crippen LogP contribution is 2.38. The van der Waals surface area contributed by atoms with Crippen molar-refractivity contribution in [3.05, 3.63) is 92.4 Å². The lowest BCUT2D eigenvalue weighted by Crippen LogP contribution is -2.13. The van der Waals surface area contributed by atoms with Crippen LogP contribution in [-0.4, -0.2) is 13.0 Å². The van der Waals surface area contributed by atoms with Gasteiger partial charge >= 0.3 is 0 Å². The van der Waals surface area contributed by atoms with E-state index < -0.39 is 5.91 Å². The molecule has 0 bridgehead atoms. The lowest BCUT2D eigenvalue weighted by Gasteiger charge is -2.14. The van der Waals surface area contributed by atoms with Crippen molar-refractivity contribution in [1.82, 2.24) is 0 Å². The van der Waals surface area contributed by atoms with Gasteiger partial charge in [0.2, 0.25) is 0 Å². The number of aryl methyl sites for hydroxylation is 1. The van der Waals surface area contributed by atoms with Crippen molar-refractivity contribution >= 4 is 45.2 Å². The molecule has 7 heteroatoms. The third-order valence-corrected chi connectivity index (χ3v) is 5.93. The molecule has 5 nitrogen and oxygen atoms in total. The molecule has 0 saturated carbocycles. The second kappa shape index (κ2) is 11.6. The van der Waals surface area contributed by atoms with Gasteiger partial charge in [0.15, 0.2) is 11.5 Å². The molecule has 3 rings (SSSR count). The van der Waals surface area contributed by atoms with E-state index in [0.29, 0.717) is 27.8 Å². The normalized spacial score (nSPS) is 10.9. The lowest BCUT2D eigenvalue weighted by atomic mass is 10.1. The standard InChI is InChI=1S/C26H22BrClN2O3/c1-3-17-8-10-21(11-9-17)30-26(31)20(15-29)12-18-13-23(28)25(24(14-18)32-2)33-16-19-6-4-5-7-22(19)27/h4-14H,3,16H2,1-2H3,(H,30,31)/b20-12+. The number of nitriles is 1. The summed E-state index contributed by atoms with van der Waals surface area (Å²) in [4.78, 5) is 12.6. The third kappa shape index (κ3) is 6.38. The third-order valence-electron chi connectivity index (χ3n) is 4.88. The molecular formula is C26H22BrClN2O3. The second-order valence-corrected chi connectivity index (χ2v) is 8.35. The number of nitrogens with zero attached hydrogens (tertiary/aromatic N) is 1. The van der Waals surface area contributed by atoms with Crippen molar-refractivity contribution in [1.29, 1.82) is 5.26 Å². The zero-order chi connectivity index (χ0) is 23.8. The van der Waals surface area contributed by atoms with E-state index in [-0.39, 0.29) is 12.2 Å². The van der Waals surface area contributed by atoms with Gasteiger partial charge in [0.1, 0.15) is 18.2 Å². The minimum absolute atomic E-state index is 0.0606. The molecule has 0 aliphatic rings. The number of benzene rings is 3. The Balaban J connectivity index is 1.80. The number of hydrogen-bond donors (Lipinski definition) is 1. The number of anilines is 1. The van der Waals surface area contributed by atoms with Crippen LogP contribution in [-0.2, 0) is 17.8 Å². The zero-order valence-corrected chi connectivity index (χ0v) is 20.5. The highest BCUT2D eigenvalue weighted by atomic mass is 79.9. The molecule has 3 aromatic rings. The fraction of sp³-hybridized carbons (Fsp3) is 0.154. The highest BCUT2D eigenvalue weighted by molar-refractivity contribution is 9.10. The van der Waals surface area contributed by atoms with Crippen molar-refractivity contribution in [2.75, 3.05) is 12.4 Å². The first-order chi connectivity index (χ1) is 15.9. The Hall–Kier alpha value is -3.27. The van der Waals surface area contributed by atoms with E-state index in [2.05, 4.69) is 28.2 Å². The first kappa shape index (κ1) is 24.4. The fourth-order valence-electron chi connectivity index (χ4n) is 3.07. The highest BCUT2D eigenvalue weighted by Gasteiger charge is 2.15. The Morgan fingerprint density at radius 2 is 1.91 bits per heavy atom. The summed E-state index contributed by atoms with van der Waals surface area (Å²) in [6.07, 6.45) is 2.37. The maximum atomic E-state index is 12.6. The minimum Gasteiger partial charge on any atom is -0.493 e. The summed E-state index contributed by atoms with van der Waals surface area (Å²) in [6, 6.07) is 20.4. The molecular weight excluding hydrogens is 504 g/mol. The minimum atomic E-state index is -0.508. The van der Waals surface area contributed by atoms with Gasteiger partial charge in [0.25, 0.3) is 5.91 Å². The van der Waals surface area contributed by atoms with E-state index in [4.69, 9.17) is 21.1 Å². The van der Waals surface area contributed by atoms with E-state index in [1.165, 1.54) is 13.2 Å². The van der Waals surface area contributed by atoms with E-state index in [9.17, 15) is 10.1 Å². The van der Waals surface area contributed by atoms with Gasteiger partial charge in [0, 0.05) is 15.7 Å². The van der Waals surface area contributed by atoms with Gasteiger partial charge in [-0.15, -0.1) is 0 Å². The average molecular weight is 526 g/mol. The maximum absolute atomic E-state index is 12.6. The summed E-state index contributed by atoms with van der Waals surface area (Å²) in [5.74, 6) is 0.269. The summed E-state index contributed by atoms with van der Waals surface area (Å²) >= 11 is 9.95. The molecule has 1 N–H and O–H groups in total. The van der Waals surface area contributed by atoms with Crippen LogP contribution in [0.1, 0.15) is 23.6 Å². The fourth-order valence-corrected chi connectivity index (χ4v) is 3.74. The van der Waals surface area contributed by atoms with Crippen LogP contribution in [0.3, 0.4) is 0 Å². The van der Waals surface area contributed by atoms with Crippen LogP contribution in [0.2, 0.25) is 5.02 Å². The predicted molar refractivity (Wildman–Crippen MR) is 135 cm³/mol. The van der Waals surface area contributed by atoms with Gasteiger partial charge in [0.05, 0.1) is 12.1 Å². The van der Waals surface area contributed by atoms with E-state index in [1.807, 2.05) is 54.6 Å². The number of nitrogens with one attached hydrogen (secondary N) is 1. The SMILES string of the molecule is CCc1ccc(NC(=O)/C(C#N)=C/c2cc(Cl)c(OCc3ccccc3Br)c(OC)c2)cc1. The molecule has 0 spiro atoms. The van der Waals surface area contributed by atoms with Crippen LogP contribution in [0.4, 0.5) is 5.69 Å². The number of amides is 1. The average Bonchev–Trinajstić information content (AvgIpc) is 2.82. The van der Waals surface area contributed by atoms with E-state index >= 15 is 0 Å². The Kier molecular flexibility index (Phi) is 8.53. The smallest absolute Gasteiger partial charge is 0.266 e. The van der Waals surface area contributed by atoms with E-state index in [1.54, 1.807) is 12.1 Å². The molecule has 0 saturated heterocycles. The molecule has 33 heavy (non-hydrogen) atoms. The van der Waals surface area contributed by atoms with Crippen molar-refractivity contribution in [2.45, 2.75) is 20.0 Å². The number of rotatable bonds is 8. The van der Waals surface area contributed by atoms with Crippen LogP contribution < -0.4 is 14.8 Å². The molecule has 1 amide bonds. The maximum Gasteiger partial charge on any atom is 0.266 e. The van der Waals surface area contributed by atoms with Crippen LogP contribution in [0, 0.1) is 11.3 Å². The monoisotopic (exact) mass is 524 g/mol. The molecule has 0 fully saturated rings. The number of ether oxygens (including phenoxy) is 2. The Morgan fingerprint density at radius 3 is 2.55 bits per heavy atom. The molecule has 0 radical (unpaired) electrons. The van der Waals surface area contributed by atoms with Crippen molar-refractivity contribution in [2.24, 2.45) is 0 Å². The number of halogens is 2. The number of carbonyl (C=O) groups excluding carboxylic acids is 1. The first-order valence-electron chi connectivity index (χ1n) is 10.2. The van der Waals surface area contributed by atoms with Gasteiger partial charge in [-0.1, -0.05) is 64.8 Å². The summed E-state index contributed by atoms with van der Waals surface area (Å²) in [5, 5.41) is 12.6. The van der Waals surface area contributed by atoms with Gasteiger partial charge in [-0.3, -0.25) is 4.79 Å². The lowest BCUT2D eigenvalue weighted by molar-refractivity contribution is -0.112. The summed E-state index contributed by atoms with van der Waals surface area (Å²) < 4.78 is 12.3. The van der Waals surface area contributed by atoms with Crippen molar-refractivity contribution in [3.63, 3.8) is 0 Å². The number of hydrogen-bond acceptors (Lipinski definition) is 4. The summed E-state index contributed by atoms with van der Waals surface area (Å²) in [5.41, 5.74) is 3.21. The van der Waals surface area contributed by atoms with E-state index in [0.717, 1.165) is 22.0 Å². The Morgan fingerprint density at radius 1 is 1.18 bits per heavy atom.